The molecule has 1 atom stereocenters. The molecule has 1 aromatic carbocycles. The highest BCUT2D eigenvalue weighted by Gasteiger charge is 2.36. The molecule has 39 heavy (non-hydrogen) atoms. The molecule has 1 saturated carbocycles. The smallest absolute Gasteiger partial charge is 0.278 e. The number of aryl methyl sites for hydroxylation is 2. The van der Waals surface area contributed by atoms with Gasteiger partial charge in [0.2, 0.25) is 5.88 Å². The monoisotopic (exact) mass is 525 g/mol. The molecule has 8 heteroatoms. The van der Waals surface area contributed by atoms with Gasteiger partial charge in [0, 0.05) is 42.9 Å². The number of fused-ring (bicyclic) bond motifs is 7. The molecule has 1 aliphatic carbocycles. The predicted molar refractivity (Wildman–Crippen MR) is 149 cm³/mol. The number of hydrogen-bond acceptors (Lipinski definition) is 6. The van der Waals surface area contributed by atoms with E-state index in [4.69, 9.17) is 19.5 Å². The van der Waals surface area contributed by atoms with E-state index in [2.05, 4.69) is 28.2 Å². The van der Waals surface area contributed by atoms with Crippen LogP contribution in [-0.2, 0) is 24.6 Å². The lowest BCUT2D eigenvalue weighted by molar-refractivity contribution is -0.0312. The van der Waals surface area contributed by atoms with Crippen molar-refractivity contribution in [2.75, 3.05) is 31.3 Å². The lowest BCUT2D eigenvalue weighted by Gasteiger charge is -2.27. The van der Waals surface area contributed by atoms with Crippen LogP contribution in [0.25, 0.3) is 11.3 Å². The van der Waals surface area contributed by atoms with E-state index in [1.807, 2.05) is 26.1 Å². The summed E-state index contributed by atoms with van der Waals surface area (Å²) in [6, 6.07) is 10.5. The second-order valence-electron chi connectivity index (χ2n) is 11.6. The van der Waals surface area contributed by atoms with Gasteiger partial charge in [0.25, 0.3) is 5.91 Å². The number of hydrogen-bond donors (Lipinski definition) is 0. The average Bonchev–Trinajstić information content (AvgIpc) is 3.60. The number of nitrogens with zero attached hydrogens (tertiary/aromatic N) is 5. The average molecular weight is 526 g/mol. The summed E-state index contributed by atoms with van der Waals surface area (Å²) in [6.45, 7) is 5.12. The number of aromatic nitrogens is 3. The molecular weight excluding hydrogens is 490 g/mol. The van der Waals surface area contributed by atoms with Crippen LogP contribution in [0.2, 0.25) is 0 Å². The Labute approximate surface area is 229 Å². The van der Waals surface area contributed by atoms with Crippen molar-refractivity contribution in [2.45, 2.75) is 45.4 Å². The van der Waals surface area contributed by atoms with E-state index in [0.29, 0.717) is 42.0 Å². The molecule has 1 saturated heterocycles. The van der Waals surface area contributed by atoms with Crippen molar-refractivity contribution in [1.82, 2.24) is 14.8 Å². The fraction of sp³-hybridized carbons (Fsp3) is 0.484. The molecule has 3 aromatic rings. The van der Waals surface area contributed by atoms with E-state index in [0.717, 1.165) is 62.0 Å². The number of amidine groups is 1. The Bertz CT molecular complexity index is 1450. The van der Waals surface area contributed by atoms with E-state index in [9.17, 15) is 4.79 Å². The quantitative estimate of drug-likeness (QED) is 0.490. The number of rotatable bonds is 3. The molecule has 2 fully saturated rings. The predicted octanol–water partition coefficient (Wildman–Crippen LogP) is 4.78. The second-order valence-corrected chi connectivity index (χ2v) is 11.6. The third kappa shape index (κ3) is 4.86. The first-order valence-corrected chi connectivity index (χ1v) is 14.2. The van der Waals surface area contributed by atoms with Gasteiger partial charge < -0.3 is 14.4 Å². The Morgan fingerprint density at radius 3 is 2.74 bits per heavy atom. The maximum Gasteiger partial charge on any atom is 0.278 e. The van der Waals surface area contributed by atoms with Crippen LogP contribution in [0, 0.1) is 24.7 Å². The molecule has 1 amide bonds. The minimum atomic E-state index is -0.231. The highest BCUT2D eigenvalue weighted by atomic mass is 16.5. The number of aliphatic imine (C=N–C) groups is 1. The molecule has 8 nitrogen and oxygen atoms in total. The summed E-state index contributed by atoms with van der Waals surface area (Å²) in [7, 11) is 1.88. The van der Waals surface area contributed by atoms with Gasteiger partial charge in [0.15, 0.2) is 0 Å². The SMILES string of the molecule is Cc1cc2cc(n1)-c1cnn(C)c1OCCC[C@@H](C1CC1)CN1C(=NC2=O)Cc2cc(CC3COC3)ccc21. The van der Waals surface area contributed by atoms with Crippen molar-refractivity contribution in [3.63, 3.8) is 0 Å². The third-order valence-electron chi connectivity index (χ3n) is 8.58. The Balaban J connectivity index is 1.28. The highest BCUT2D eigenvalue weighted by molar-refractivity contribution is 6.12. The molecule has 0 spiro atoms. The number of carbonyl (C=O) groups excluding carboxylic acids is 1. The van der Waals surface area contributed by atoms with Crippen molar-refractivity contribution < 1.29 is 14.3 Å². The minimum absolute atomic E-state index is 0.231. The summed E-state index contributed by atoms with van der Waals surface area (Å²) in [5, 5.41) is 4.42. The molecule has 0 N–H and O–H groups in total. The zero-order chi connectivity index (χ0) is 26.5. The Kier molecular flexibility index (Phi) is 6.22. The molecule has 7 rings (SSSR count). The number of anilines is 1. The molecule has 4 aliphatic rings. The van der Waals surface area contributed by atoms with Crippen LogP contribution in [0.3, 0.4) is 0 Å². The van der Waals surface area contributed by atoms with E-state index in [1.54, 1.807) is 10.9 Å². The van der Waals surface area contributed by atoms with Crippen LogP contribution in [0.15, 0.2) is 41.5 Å². The van der Waals surface area contributed by atoms with Crippen LogP contribution in [-0.4, -0.2) is 52.9 Å². The number of ether oxygens (including phenoxy) is 2. The molecule has 3 aliphatic heterocycles. The summed E-state index contributed by atoms with van der Waals surface area (Å²) in [4.78, 5) is 25.5. The molecular formula is C31H35N5O3. The van der Waals surface area contributed by atoms with Gasteiger partial charge in [-0.15, -0.1) is 0 Å². The lowest BCUT2D eigenvalue weighted by atomic mass is 9.95. The number of carbonyl (C=O) groups is 1. The lowest BCUT2D eigenvalue weighted by Crippen LogP contribution is -2.34. The maximum atomic E-state index is 13.7. The van der Waals surface area contributed by atoms with Crippen molar-refractivity contribution in [3.8, 4) is 17.1 Å². The Morgan fingerprint density at radius 2 is 1.95 bits per heavy atom. The summed E-state index contributed by atoms with van der Waals surface area (Å²) in [5.41, 5.74) is 6.60. The normalized spacial score (nSPS) is 21.6. The minimum Gasteiger partial charge on any atom is -0.477 e. The summed E-state index contributed by atoms with van der Waals surface area (Å²) < 4.78 is 13.4. The van der Waals surface area contributed by atoms with Gasteiger partial charge in [-0.05, 0) is 80.2 Å². The van der Waals surface area contributed by atoms with Crippen molar-refractivity contribution in [2.24, 2.45) is 29.8 Å². The first-order valence-electron chi connectivity index (χ1n) is 14.2. The van der Waals surface area contributed by atoms with Gasteiger partial charge in [0.1, 0.15) is 5.84 Å². The largest absolute Gasteiger partial charge is 0.477 e. The van der Waals surface area contributed by atoms with Gasteiger partial charge in [0.05, 0.1) is 37.3 Å². The summed E-state index contributed by atoms with van der Waals surface area (Å²) >= 11 is 0. The van der Waals surface area contributed by atoms with Gasteiger partial charge in [-0.3, -0.25) is 9.78 Å². The van der Waals surface area contributed by atoms with Crippen LogP contribution in [0.1, 0.15) is 52.9 Å². The zero-order valence-corrected chi connectivity index (χ0v) is 22.7. The van der Waals surface area contributed by atoms with Gasteiger partial charge in [-0.1, -0.05) is 12.1 Å². The maximum absolute atomic E-state index is 13.7. The van der Waals surface area contributed by atoms with Crippen molar-refractivity contribution in [3.05, 3.63) is 58.9 Å². The van der Waals surface area contributed by atoms with Gasteiger partial charge >= 0.3 is 0 Å². The molecule has 202 valence electrons. The molecule has 2 bridgehead atoms. The van der Waals surface area contributed by atoms with Gasteiger partial charge in [-0.25, -0.2) is 4.68 Å². The van der Waals surface area contributed by atoms with E-state index >= 15 is 0 Å². The topological polar surface area (TPSA) is 81.8 Å². The number of amides is 1. The first kappa shape index (κ1) is 24.5. The van der Waals surface area contributed by atoms with Gasteiger partial charge in [-0.2, -0.15) is 10.1 Å². The number of benzene rings is 1. The highest BCUT2D eigenvalue weighted by Crippen LogP contribution is 2.42. The van der Waals surface area contributed by atoms with E-state index in [-0.39, 0.29) is 5.91 Å². The van der Waals surface area contributed by atoms with Crippen LogP contribution in [0.5, 0.6) is 5.88 Å². The third-order valence-corrected chi connectivity index (χ3v) is 8.58. The van der Waals surface area contributed by atoms with E-state index < -0.39 is 0 Å². The number of pyridine rings is 1. The first-order chi connectivity index (χ1) is 19.0. The van der Waals surface area contributed by atoms with Crippen LogP contribution in [0.4, 0.5) is 5.69 Å². The second kappa shape index (κ2) is 9.90. The molecule has 0 radical (unpaired) electrons. The van der Waals surface area contributed by atoms with Crippen molar-refractivity contribution in [1.29, 1.82) is 0 Å². The van der Waals surface area contributed by atoms with Crippen LogP contribution >= 0.6 is 0 Å². The van der Waals surface area contributed by atoms with Crippen molar-refractivity contribution >= 4 is 17.4 Å². The van der Waals surface area contributed by atoms with Crippen LogP contribution < -0.4 is 9.64 Å². The standard InChI is InChI=1S/C31H35N5O3/c1-19-10-25-13-27(33-19)26-15-32-35(2)31(26)39-9-3-4-23(22-6-7-22)16-36-28-8-5-20(11-21-17-38-18-21)12-24(28)14-29(36)34-30(25)37/h5,8,10,12-13,15,21-23H,3-4,6-7,9,11,14,16-18H2,1-2H3/t23-/m1/s1. The zero-order valence-electron chi connectivity index (χ0n) is 22.7. The molecule has 2 aromatic heterocycles. The fourth-order valence-corrected chi connectivity index (χ4v) is 6.29. The van der Waals surface area contributed by atoms with E-state index in [1.165, 1.54) is 29.7 Å². The Morgan fingerprint density at radius 1 is 1.08 bits per heavy atom. The fourth-order valence-electron chi connectivity index (χ4n) is 6.29. The summed E-state index contributed by atoms with van der Waals surface area (Å²) in [5.74, 6) is 3.19. The Hall–Kier alpha value is -3.52. The summed E-state index contributed by atoms with van der Waals surface area (Å²) in [6.07, 6.45) is 8.10. The molecule has 5 heterocycles. The molecule has 0 unspecified atom stereocenters.